The highest BCUT2D eigenvalue weighted by Gasteiger charge is 2.04. The fraction of sp³-hybridized carbons (Fsp3) is 0.316. The lowest BCUT2D eigenvalue weighted by Crippen LogP contribution is -2.14. The zero-order valence-corrected chi connectivity index (χ0v) is 13.8. The van der Waals surface area contributed by atoms with Crippen molar-refractivity contribution in [3.63, 3.8) is 0 Å². The van der Waals surface area contributed by atoms with Gasteiger partial charge in [0.15, 0.2) is 0 Å². The minimum atomic E-state index is -0.00333. The molecule has 23 heavy (non-hydrogen) atoms. The van der Waals surface area contributed by atoms with Gasteiger partial charge in [-0.15, -0.1) is 0 Å². The second-order valence-electron chi connectivity index (χ2n) is 5.56. The van der Waals surface area contributed by atoms with Gasteiger partial charge in [-0.2, -0.15) is 0 Å². The van der Waals surface area contributed by atoms with Crippen molar-refractivity contribution in [2.24, 2.45) is 0 Å². The van der Waals surface area contributed by atoms with Gasteiger partial charge in [0.25, 0.3) is 0 Å². The van der Waals surface area contributed by atoms with Gasteiger partial charge in [0.2, 0.25) is 5.91 Å². The van der Waals surface area contributed by atoms with Crippen molar-refractivity contribution >= 4 is 17.3 Å². The molecule has 0 fully saturated rings. The molecule has 2 aromatic carbocycles. The second kappa shape index (κ2) is 8.96. The summed E-state index contributed by atoms with van der Waals surface area (Å²) in [6, 6.07) is 15.8. The van der Waals surface area contributed by atoms with Crippen LogP contribution < -0.4 is 10.6 Å². The molecule has 0 saturated heterocycles. The van der Waals surface area contributed by atoms with E-state index < -0.39 is 0 Å². The first-order valence-electron chi connectivity index (χ1n) is 7.85. The maximum absolute atomic E-state index is 12.1. The van der Waals surface area contributed by atoms with E-state index in [4.69, 9.17) is 4.74 Å². The molecule has 0 aliphatic heterocycles. The molecule has 0 spiro atoms. The summed E-state index contributed by atoms with van der Waals surface area (Å²) in [5.41, 5.74) is 4.04. The third-order valence-corrected chi connectivity index (χ3v) is 3.47. The van der Waals surface area contributed by atoms with E-state index in [9.17, 15) is 4.79 Å². The smallest absolute Gasteiger partial charge is 0.228 e. The third-order valence-electron chi connectivity index (χ3n) is 3.47. The van der Waals surface area contributed by atoms with Crippen LogP contribution in [0.2, 0.25) is 0 Å². The number of rotatable bonds is 8. The van der Waals surface area contributed by atoms with Crippen LogP contribution >= 0.6 is 0 Å². The van der Waals surface area contributed by atoms with Crippen LogP contribution in [0.4, 0.5) is 11.4 Å². The molecule has 0 aliphatic rings. The number of aryl methyl sites for hydroxylation is 1. The maximum atomic E-state index is 12.1. The van der Waals surface area contributed by atoms with Crippen molar-refractivity contribution in [3.05, 3.63) is 59.7 Å². The molecule has 2 N–H and O–H groups in total. The van der Waals surface area contributed by atoms with Gasteiger partial charge < -0.3 is 15.4 Å². The molecule has 4 heteroatoms. The number of hydrogen-bond donors (Lipinski definition) is 2. The number of nitrogens with one attached hydrogen (secondary N) is 2. The van der Waals surface area contributed by atoms with Crippen LogP contribution in [-0.4, -0.2) is 26.2 Å². The van der Waals surface area contributed by atoms with E-state index in [2.05, 4.69) is 10.6 Å². The largest absolute Gasteiger partial charge is 0.385 e. The standard InChI is InChI=1S/C19H24N2O2/c1-15-5-3-6-16(13-15)14-19(22)21-18-9-7-17(8-10-18)20-11-4-12-23-2/h3,5-10,13,20H,4,11-12,14H2,1-2H3,(H,21,22). The maximum Gasteiger partial charge on any atom is 0.228 e. The Hall–Kier alpha value is -2.33. The predicted molar refractivity (Wildman–Crippen MR) is 94.9 cm³/mol. The first-order valence-corrected chi connectivity index (χ1v) is 7.85. The van der Waals surface area contributed by atoms with Gasteiger partial charge >= 0.3 is 0 Å². The Morgan fingerprint density at radius 1 is 1.09 bits per heavy atom. The minimum Gasteiger partial charge on any atom is -0.385 e. The quantitative estimate of drug-likeness (QED) is 0.732. The van der Waals surface area contributed by atoms with Crippen LogP contribution in [0.15, 0.2) is 48.5 Å². The first-order chi connectivity index (χ1) is 11.2. The zero-order valence-electron chi connectivity index (χ0n) is 13.8. The van der Waals surface area contributed by atoms with Crippen molar-refractivity contribution < 1.29 is 9.53 Å². The lowest BCUT2D eigenvalue weighted by Gasteiger charge is -2.09. The van der Waals surface area contributed by atoms with Crippen LogP contribution in [0.5, 0.6) is 0 Å². The monoisotopic (exact) mass is 312 g/mol. The Labute approximate surface area is 137 Å². The molecule has 0 radical (unpaired) electrons. The SMILES string of the molecule is COCCCNc1ccc(NC(=O)Cc2cccc(C)c2)cc1. The highest BCUT2D eigenvalue weighted by molar-refractivity contribution is 5.92. The summed E-state index contributed by atoms with van der Waals surface area (Å²) in [7, 11) is 1.70. The van der Waals surface area contributed by atoms with E-state index in [0.29, 0.717) is 6.42 Å². The predicted octanol–water partition coefficient (Wildman–Crippen LogP) is 3.62. The molecule has 4 nitrogen and oxygen atoms in total. The Morgan fingerprint density at radius 2 is 1.83 bits per heavy atom. The third kappa shape index (κ3) is 6.12. The van der Waals surface area contributed by atoms with E-state index in [1.165, 1.54) is 5.56 Å². The van der Waals surface area contributed by atoms with E-state index >= 15 is 0 Å². The van der Waals surface area contributed by atoms with E-state index in [0.717, 1.165) is 36.5 Å². The number of amides is 1. The average Bonchev–Trinajstić information content (AvgIpc) is 2.53. The molecule has 0 unspecified atom stereocenters. The molecule has 0 bridgehead atoms. The number of carbonyl (C=O) groups excluding carboxylic acids is 1. The molecule has 0 aliphatic carbocycles. The zero-order chi connectivity index (χ0) is 16.5. The molecule has 2 rings (SSSR count). The van der Waals surface area contributed by atoms with Crippen molar-refractivity contribution in [2.75, 3.05) is 30.9 Å². The molecular formula is C19H24N2O2. The molecule has 0 saturated carbocycles. The fourth-order valence-electron chi connectivity index (χ4n) is 2.33. The molecule has 1 amide bonds. The van der Waals surface area contributed by atoms with Gasteiger partial charge in [-0.05, 0) is 43.2 Å². The highest BCUT2D eigenvalue weighted by atomic mass is 16.5. The van der Waals surface area contributed by atoms with Crippen molar-refractivity contribution in [1.29, 1.82) is 0 Å². The van der Waals surface area contributed by atoms with Crippen LogP contribution in [0.3, 0.4) is 0 Å². The van der Waals surface area contributed by atoms with Gasteiger partial charge in [0.05, 0.1) is 6.42 Å². The number of hydrogen-bond acceptors (Lipinski definition) is 3. The molecule has 0 atom stereocenters. The fourth-order valence-corrected chi connectivity index (χ4v) is 2.33. The Kier molecular flexibility index (Phi) is 6.63. The van der Waals surface area contributed by atoms with E-state index in [-0.39, 0.29) is 5.91 Å². The van der Waals surface area contributed by atoms with Crippen LogP contribution in [0.1, 0.15) is 17.5 Å². The van der Waals surface area contributed by atoms with Crippen LogP contribution in [0.25, 0.3) is 0 Å². The minimum absolute atomic E-state index is 0.00333. The Balaban J connectivity index is 1.81. The lowest BCUT2D eigenvalue weighted by atomic mass is 10.1. The molecule has 0 heterocycles. The summed E-state index contributed by atoms with van der Waals surface area (Å²) >= 11 is 0. The average molecular weight is 312 g/mol. The Morgan fingerprint density at radius 3 is 2.52 bits per heavy atom. The summed E-state index contributed by atoms with van der Waals surface area (Å²) in [6.07, 6.45) is 1.35. The number of carbonyl (C=O) groups is 1. The van der Waals surface area contributed by atoms with Gasteiger partial charge in [-0.1, -0.05) is 29.8 Å². The summed E-state index contributed by atoms with van der Waals surface area (Å²) in [6.45, 7) is 3.65. The van der Waals surface area contributed by atoms with Gasteiger partial charge in [-0.3, -0.25) is 4.79 Å². The highest BCUT2D eigenvalue weighted by Crippen LogP contribution is 2.14. The molecule has 0 aromatic heterocycles. The number of benzene rings is 2. The molecule has 122 valence electrons. The Bertz CT molecular complexity index is 624. The summed E-state index contributed by atoms with van der Waals surface area (Å²) in [5.74, 6) is -0.00333. The van der Waals surface area contributed by atoms with Crippen LogP contribution in [-0.2, 0) is 16.0 Å². The van der Waals surface area contributed by atoms with Gasteiger partial charge in [-0.25, -0.2) is 0 Å². The summed E-state index contributed by atoms with van der Waals surface area (Å²) < 4.78 is 5.01. The molecule has 2 aromatic rings. The second-order valence-corrected chi connectivity index (χ2v) is 5.56. The van der Waals surface area contributed by atoms with E-state index in [1.807, 2.05) is 55.5 Å². The summed E-state index contributed by atoms with van der Waals surface area (Å²) in [5, 5.41) is 6.24. The number of anilines is 2. The van der Waals surface area contributed by atoms with Gasteiger partial charge in [0.1, 0.15) is 0 Å². The normalized spacial score (nSPS) is 10.3. The summed E-state index contributed by atoms with van der Waals surface area (Å²) in [4.78, 5) is 12.1. The number of ether oxygens (including phenoxy) is 1. The van der Waals surface area contributed by atoms with Gasteiger partial charge in [0, 0.05) is 31.6 Å². The van der Waals surface area contributed by atoms with Crippen molar-refractivity contribution in [3.8, 4) is 0 Å². The topological polar surface area (TPSA) is 50.4 Å². The van der Waals surface area contributed by atoms with E-state index in [1.54, 1.807) is 7.11 Å². The molecular weight excluding hydrogens is 288 g/mol. The van der Waals surface area contributed by atoms with Crippen LogP contribution in [0, 0.1) is 6.92 Å². The number of methoxy groups -OCH3 is 1. The van der Waals surface area contributed by atoms with Crippen molar-refractivity contribution in [2.45, 2.75) is 19.8 Å². The van der Waals surface area contributed by atoms with Crippen molar-refractivity contribution in [1.82, 2.24) is 0 Å². The first kappa shape index (κ1) is 17.0. The lowest BCUT2D eigenvalue weighted by molar-refractivity contribution is -0.115.